The predicted octanol–water partition coefficient (Wildman–Crippen LogP) is 6.35. The molecular weight excluding hydrogens is 298 g/mol. The lowest BCUT2D eigenvalue weighted by atomic mass is 10.0. The second-order valence-corrected chi connectivity index (χ2v) is 6.82. The molecule has 0 amide bonds. The van der Waals surface area contributed by atoms with Gasteiger partial charge in [-0.05, 0) is 37.8 Å². The summed E-state index contributed by atoms with van der Waals surface area (Å²) in [6.45, 7) is 6.54. The van der Waals surface area contributed by atoms with E-state index in [2.05, 4.69) is 11.9 Å². The van der Waals surface area contributed by atoms with Gasteiger partial charge in [0.2, 0.25) is 0 Å². The predicted molar refractivity (Wildman–Crippen MR) is 102 cm³/mol. The first-order valence-electron chi connectivity index (χ1n) is 10.0. The highest BCUT2D eigenvalue weighted by atomic mass is 16.5. The van der Waals surface area contributed by atoms with Crippen LogP contribution in [0.15, 0.2) is 6.20 Å². The van der Waals surface area contributed by atoms with Crippen molar-refractivity contribution in [2.24, 2.45) is 0 Å². The van der Waals surface area contributed by atoms with Crippen molar-refractivity contribution in [2.45, 2.75) is 97.8 Å². The van der Waals surface area contributed by atoms with Crippen molar-refractivity contribution < 1.29 is 9.53 Å². The number of rotatable bonds is 14. The molecule has 24 heavy (non-hydrogen) atoms. The van der Waals surface area contributed by atoms with E-state index in [-0.39, 0.29) is 5.97 Å². The van der Waals surface area contributed by atoms with E-state index in [0.29, 0.717) is 12.3 Å². The molecule has 0 atom stereocenters. The van der Waals surface area contributed by atoms with Gasteiger partial charge in [0, 0.05) is 6.20 Å². The molecular formula is C21H37NO2. The number of aromatic nitrogens is 1. The third-order valence-electron chi connectivity index (χ3n) is 4.78. The number of carbonyl (C=O) groups is 1. The molecule has 138 valence electrons. The van der Waals surface area contributed by atoms with Crippen molar-refractivity contribution in [2.75, 3.05) is 6.61 Å². The summed E-state index contributed by atoms with van der Waals surface area (Å²) in [6.07, 6.45) is 18.0. The zero-order valence-electron chi connectivity index (χ0n) is 16.1. The highest BCUT2D eigenvalue weighted by molar-refractivity contribution is 5.89. The summed E-state index contributed by atoms with van der Waals surface area (Å²) in [6, 6.07) is 0. The molecule has 0 fully saturated rings. The molecule has 0 saturated carbocycles. The van der Waals surface area contributed by atoms with Gasteiger partial charge in [-0.2, -0.15) is 0 Å². The molecule has 1 aromatic heterocycles. The first-order chi connectivity index (χ1) is 11.7. The summed E-state index contributed by atoms with van der Waals surface area (Å²) in [5, 5.41) is 0. The second kappa shape index (κ2) is 13.1. The van der Waals surface area contributed by atoms with E-state index in [0.717, 1.165) is 12.0 Å². The molecule has 1 rings (SSSR count). The van der Waals surface area contributed by atoms with Crippen molar-refractivity contribution in [3.8, 4) is 0 Å². The van der Waals surface area contributed by atoms with Crippen molar-refractivity contribution in [1.82, 2.24) is 4.98 Å². The third kappa shape index (κ3) is 8.03. The van der Waals surface area contributed by atoms with Crippen LogP contribution in [0.2, 0.25) is 0 Å². The maximum atomic E-state index is 11.8. The largest absolute Gasteiger partial charge is 0.461 e. The zero-order chi connectivity index (χ0) is 17.6. The summed E-state index contributed by atoms with van der Waals surface area (Å²) < 4.78 is 5.06. The Morgan fingerprint density at radius 1 is 0.917 bits per heavy atom. The average Bonchev–Trinajstić information content (AvgIpc) is 2.94. The molecule has 3 nitrogen and oxygen atoms in total. The number of aryl methyl sites for hydroxylation is 1. The number of nitrogens with one attached hydrogen (secondary N) is 1. The molecule has 0 saturated heterocycles. The average molecular weight is 336 g/mol. The van der Waals surface area contributed by atoms with E-state index in [1.54, 1.807) is 0 Å². The number of ether oxygens (including phenoxy) is 1. The lowest BCUT2D eigenvalue weighted by molar-refractivity contribution is 0.0519. The van der Waals surface area contributed by atoms with Crippen LogP contribution in [-0.4, -0.2) is 17.6 Å². The monoisotopic (exact) mass is 335 g/mol. The highest BCUT2D eigenvalue weighted by Gasteiger charge is 2.14. The van der Waals surface area contributed by atoms with Crippen LogP contribution in [0.5, 0.6) is 0 Å². The summed E-state index contributed by atoms with van der Waals surface area (Å²) in [5.41, 5.74) is 2.93. The SMILES string of the molecule is CCCCCCCCCCCCCc1c[nH]c(C(=O)OCC)c1C. The molecule has 1 N–H and O–H groups in total. The summed E-state index contributed by atoms with van der Waals surface area (Å²) in [5.74, 6) is -0.236. The molecule has 0 aliphatic rings. The number of hydrogen-bond acceptors (Lipinski definition) is 2. The molecule has 0 unspecified atom stereocenters. The normalized spacial score (nSPS) is 11.0. The van der Waals surface area contributed by atoms with E-state index in [4.69, 9.17) is 4.74 Å². The van der Waals surface area contributed by atoms with Gasteiger partial charge in [-0.3, -0.25) is 0 Å². The van der Waals surface area contributed by atoms with Gasteiger partial charge in [0.25, 0.3) is 0 Å². The van der Waals surface area contributed by atoms with E-state index < -0.39 is 0 Å². The number of esters is 1. The van der Waals surface area contributed by atoms with E-state index in [1.165, 1.54) is 76.2 Å². The van der Waals surface area contributed by atoms with Crippen molar-refractivity contribution in [3.05, 3.63) is 23.0 Å². The first kappa shape index (κ1) is 20.8. The summed E-state index contributed by atoms with van der Waals surface area (Å²) in [4.78, 5) is 14.9. The van der Waals surface area contributed by atoms with Gasteiger partial charge in [0.1, 0.15) is 5.69 Å². The van der Waals surface area contributed by atoms with Crippen molar-refractivity contribution in [3.63, 3.8) is 0 Å². The molecule has 0 aliphatic heterocycles. The van der Waals surface area contributed by atoms with E-state index in [9.17, 15) is 4.79 Å². The standard InChI is InChI=1S/C21H37NO2/c1-4-6-7-8-9-10-11-12-13-14-15-16-19-17-22-20(18(19)3)21(23)24-5-2/h17,22H,4-16H2,1-3H3. The van der Waals surface area contributed by atoms with Crippen LogP contribution < -0.4 is 0 Å². The molecule has 3 heteroatoms. The van der Waals surface area contributed by atoms with Gasteiger partial charge < -0.3 is 9.72 Å². The number of H-pyrrole nitrogens is 1. The molecule has 0 spiro atoms. The Labute approximate surface area is 148 Å². The molecule has 0 bridgehead atoms. The second-order valence-electron chi connectivity index (χ2n) is 6.82. The zero-order valence-corrected chi connectivity index (χ0v) is 16.1. The highest BCUT2D eigenvalue weighted by Crippen LogP contribution is 2.18. The molecule has 0 aromatic carbocycles. The molecule has 0 aliphatic carbocycles. The fourth-order valence-electron chi connectivity index (χ4n) is 3.19. The van der Waals surface area contributed by atoms with Crippen LogP contribution in [0.3, 0.4) is 0 Å². The van der Waals surface area contributed by atoms with Gasteiger partial charge in [-0.15, -0.1) is 0 Å². The van der Waals surface area contributed by atoms with Gasteiger partial charge in [-0.1, -0.05) is 71.1 Å². The summed E-state index contributed by atoms with van der Waals surface area (Å²) in [7, 11) is 0. The lowest BCUT2D eigenvalue weighted by Crippen LogP contribution is -2.06. The number of unbranched alkanes of at least 4 members (excludes halogenated alkanes) is 10. The van der Waals surface area contributed by atoms with Crippen LogP contribution in [-0.2, 0) is 11.2 Å². The Hall–Kier alpha value is -1.25. The van der Waals surface area contributed by atoms with Crippen LogP contribution in [0.1, 0.15) is 106 Å². The maximum Gasteiger partial charge on any atom is 0.355 e. The number of hydrogen-bond donors (Lipinski definition) is 1. The number of carbonyl (C=O) groups excluding carboxylic acids is 1. The lowest BCUT2D eigenvalue weighted by Gasteiger charge is -2.04. The minimum atomic E-state index is -0.236. The van der Waals surface area contributed by atoms with E-state index in [1.807, 2.05) is 20.0 Å². The quantitative estimate of drug-likeness (QED) is 0.318. The van der Waals surface area contributed by atoms with E-state index >= 15 is 0 Å². The van der Waals surface area contributed by atoms with Crippen LogP contribution >= 0.6 is 0 Å². The Morgan fingerprint density at radius 3 is 2.00 bits per heavy atom. The third-order valence-corrected chi connectivity index (χ3v) is 4.78. The Morgan fingerprint density at radius 2 is 1.46 bits per heavy atom. The van der Waals surface area contributed by atoms with Gasteiger partial charge in [0.05, 0.1) is 6.61 Å². The van der Waals surface area contributed by atoms with Crippen molar-refractivity contribution in [1.29, 1.82) is 0 Å². The smallest absolute Gasteiger partial charge is 0.355 e. The minimum Gasteiger partial charge on any atom is -0.461 e. The van der Waals surface area contributed by atoms with Gasteiger partial charge in [0.15, 0.2) is 0 Å². The van der Waals surface area contributed by atoms with Crippen LogP contribution in [0, 0.1) is 6.92 Å². The van der Waals surface area contributed by atoms with Gasteiger partial charge >= 0.3 is 5.97 Å². The Kier molecular flexibility index (Phi) is 11.3. The Bertz CT molecular complexity index is 451. The summed E-state index contributed by atoms with van der Waals surface area (Å²) >= 11 is 0. The van der Waals surface area contributed by atoms with Gasteiger partial charge in [-0.25, -0.2) is 4.79 Å². The maximum absolute atomic E-state index is 11.8. The van der Waals surface area contributed by atoms with Crippen molar-refractivity contribution >= 4 is 5.97 Å². The number of aromatic amines is 1. The Balaban J connectivity index is 2.06. The van der Waals surface area contributed by atoms with Crippen LogP contribution in [0.4, 0.5) is 0 Å². The molecule has 1 heterocycles. The minimum absolute atomic E-state index is 0.236. The van der Waals surface area contributed by atoms with Crippen LogP contribution in [0.25, 0.3) is 0 Å². The fraction of sp³-hybridized carbons (Fsp3) is 0.762. The fourth-order valence-corrected chi connectivity index (χ4v) is 3.19. The topological polar surface area (TPSA) is 42.1 Å². The molecule has 0 radical (unpaired) electrons. The molecule has 1 aromatic rings. The first-order valence-corrected chi connectivity index (χ1v) is 10.0.